The van der Waals surface area contributed by atoms with Crippen molar-refractivity contribution in [1.82, 2.24) is 19.4 Å². The highest BCUT2D eigenvalue weighted by atomic mass is 35.5. The maximum Gasteiger partial charge on any atom is 0.410 e. The quantitative estimate of drug-likeness (QED) is 0.240. The van der Waals surface area contributed by atoms with Crippen molar-refractivity contribution in [1.29, 1.82) is 0 Å². The number of aromatic nitrogens is 3. The highest BCUT2D eigenvalue weighted by Gasteiger charge is 2.35. The molecule has 4 heterocycles. The molecule has 236 valence electrons. The highest BCUT2D eigenvalue weighted by molar-refractivity contribution is 6.33. The SMILES string of the molecule is Cc1ccnc(C(C)C)c1-n1c(=O)nc(N2CCN(C(=O)OC(C)(C)C)C[C@@H]2C)c2cc3c(c(F)c21)-c1c(Cl)cccc1CO3. The van der Waals surface area contributed by atoms with Crippen LogP contribution in [0.5, 0.6) is 5.75 Å². The Morgan fingerprint density at radius 1 is 1.18 bits per heavy atom. The van der Waals surface area contributed by atoms with Crippen LogP contribution < -0.4 is 15.3 Å². The first-order chi connectivity index (χ1) is 21.3. The van der Waals surface area contributed by atoms with Crippen molar-refractivity contribution in [3.63, 3.8) is 0 Å². The summed E-state index contributed by atoms with van der Waals surface area (Å²) >= 11 is 6.66. The fourth-order valence-electron chi connectivity index (χ4n) is 6.25. The lowest BCUT2D eigenvalue weighted by atomic mass is 9.94. The lowest BCUT2D eigenvalue weighted by Gasteiger charge is -2.41. The second kappa shape index (κ2) is 11.3. The van der Waals surface area contributed by atoms with Gasteiger partial charge in [-0.2, -0.15) is 4.98 Å². The Labute approximate surface area is 266 Å². The van der Waals surface area contributed by atoms with Crippen LogP contribution in [-0.2, 0) is 11.3 Å². The van der Waals surface area contributed by atoms with Crippen LogP contribution >= 0.6 is 11.6 Å². The molecule has 0 radical (unpaired) electrons. The van der Waals surface area contributed by atoms with E-state index in [2.05, 4.69) is 9.97 Å². The molecular formula is C34H37ClFN5O4. The van der Waals surface area contributed by atoms with Crippen LogP contribution in [0.15, 0.2) is 41.3 Å². The summed E-state index contributed by atoms with van der Waals surface area (Å²) < 4.78 is 30.4. The van der Waals surface area contributed by atoms with Crippen LogP contribution in [0, 0.1) is 12.7 Å². The Hall–Kier alpha value is -4.18. The standard InChI is InChI=1S/C34H37ClFN5O4/c1-18(2)28-29(19(3)11-12-37-28)41-30-22(15-24-26(27(30)36)25-21(17-44-24)9-8-10-23(25)35)31(38-32(41)42)40-14-13-39(16-20(40)4)33(43)45-34(5,6)7/h8-12,15,18,20H,13-14,16-17H2,1-7H3/t20-/m0/s1. The van der Waals surface area contributed by atoms with Crippen molar-refractivity contribution in [2.75, 3.05) is 24.5 Å². The minimum atomic E-state index is -0.632. The van der Waals surface area contributed by atoms with E-state index in [1.165, 1.54) is 4.57 Å². The number of carbonyl (C=O) groups is 1. The Kier molecular flexibility index (Phi) is 7.75. The number of amides is 1. The first-order valence-electron chi connectivity index (χ1n) is 15.2. The predicted octanol–water partition coefficient (Wildman–Crippen LogP) is 7.01. The summed E-state index contributed by atoms with van der Waals surface area (Å²) in [4.78, 5) is 39.8. The van der Waals surface area contributed by atoms with Gasteiger partial charge in [0, 0.05) is 47.8 Å². The molecule has 0 bridgehead atoms. The van der Waals surface area contributed by atoms with E-state index in [9.17, 15) is 9.59 Å². The van der Waals surface area contributed by atoms with Crippen molar-refractivity contribution in [2.24, 2.45) is 0 Å². The van der Waals surface area contributed by atoms with Crippen LogP contribution in [0.4, 0.5) is 15.0 Å². The Morgan fingerprint density at radius 3 is 2.62 bits per heavy atom. The zero-order valence-corrected chi connectivity index (χ0v) is 27.3. The van der Waals surface area contributed by atoms with E-state index in [-0.39, 0.29) is 29.6 Å². The van der Waals surface area contributed by atoms with Crippen molar-refractivity contribution in [3.05, 3.63) is 74.7 Å². The molecular weight excluding hydrogens is 597 g/mol. The molecule has 1 fully saturated rings. The second-order valence-electron chi connectivity index (χ2n) is 13.1. The second-order valence-corrected chi connectivity index (χ2v) is 13.5. The monoisotopic (exact) mass is 633 g/mol. The smallest absolute Gasteiger partial charge is 0.410 e. The third-order valence-electron chi connectivity index (χ3n) is 8.27. The molecule has 0 unspecified atom stereocenters. The first kappa shape index (κ1) is 30.8. The van der Waals surface area contributed by atoms with Gasteiger partial charge in [0.15, 0.2) is 5.82 Å². The molecule has 2 aliphatic heterocycles. The van der Waals surface area contributed by atoms with E-state index in [4.69, 9.17) is 21.1 Å². The molecule has 0 N–H and O–H groups in total. The summed E-state index contributed by atoms with van der Waals surface area (Å²) in [7, 11) is 0. The number of halogens is 2. The van der Waals surface area contributed by atoms with Crippen LogP contribution in [0.2, 0.25) is 5.02 Å². The maximum absolute atomic E-state index is 17.3. The first-order valence-corrected chi connectivity index (χ1v) is 15.5. The van der Waals surface area contributed by atoms with E-state index >= 15 is 4.39 Å². The van der Waals surface area contributed by atoms with Gasteiger partial charge in [-0.3, -0.25) is 9.55 Å². The lowest BCUT2D eigenvalue weighted by Crippen LogP contribution is -2.55. The number of carbonyl (C=O) groups excluding carboxylic acids is 1. The number of benzene rings is 2. The Morgan fingerprint density at radius 2 is 1.93 bits per heavy atom. The average molecular weight is 634 g/mol. The van der Waals surface area contributed by atoms with Gasteiger partial charge in [0.2, 0.25) is 0 Å². The van der Waals surface area contributed by atoms with Gasteiger partial charge in [0.25, 0.3) is 0 Å². The number of fused-ring (bicyclic) bond motifs is 4. The summed E-state index contributed by atoms with van der Waals surface area (Å²) in [6, 6.07) is 8.69. The summed E-state index contributed by atoms with van der Waals surface area (Å²) in [6.07, 6.45) is 1.29. The van der Waals surface area contributed by atoms with Gasteiger partial charge in [-0.15, -0.1) is 0 Å². The summed E-state index contributed by atoms with van der Waals surface area (Å²) in [5, 5.41) is 0.808. The van der Waals surface area contributed by atoms with E-state index < -0.39 is 23.2 Å². The minimum Gasteiger partial charge on any atom is -0.488 e. The van der Waals surface area contributed by atoms with Gasteiger partial charge < -0.3 is 19.3 Å². The van der Waals surface area contributed by atoms with Gasteiger partial charge >= 0.3 is 11.8 Å². The van der Waals surface area contributed by atoms with Crippen molar-refractivity contribution in [3.8, 4) is 22.6 Å². The molecule has 9 nitrogen and oxygen atoms in total. The average Bonchev–Trinajstić information content (AvgIpc) is 2.96. The number of hydrogen-bond acceptors (Lipinski definition) is 7. The van der Waals surface area contributed by atoms with E-state index in [0.717, 1.165) is 11.1 Å². The maximum atomic E-state index is 17.3. The number of piperazine rings is 1. The lowest BCUT2D eigenvalue weighted by molar-refractivity contribution is 0.0218. The van der Waals surface area contributed by atoms with Gasteiger partial charge in [-0.1, -0.05) is 37.6 Å². The molecule has 4 aromatic rings. The number of nitrogens with zero attached hydrogens (tertiary/aromatic N) is 5. The van der Waals surface area contributed by atoms with Crippen molar-refractivity contribution < 1.29 is 18.7 Å². The fourth-order valence-corrected chi connectivity index (χ4v) is 6.54. The zero-order valence-electron chi connectivity index (χ0n) is 26.6. The Bertz CT molecular complexity index is 1900. The number of hydrogen-bond donors (Lipinski definition) is 0. The molecule has 1 atom stereocenters. The van der Waals surface area contributed by atoms with Gasteiger partial charge in [-0.25, -0.2) is 14.0 Å². The topological polar surface area (TPSA) is 89.8 Å². The third kappa shape index (κ3) is 5.39. The molecule has 11 heteroatoms. The summed E-state index contributed by atoms with van der Waals surface area (Å²) in [5.41, 5.74) is 2.22. The molecule has 2 aromatic carbocycles. The van der Waals surface area contributed by atoms with Gasteiger partial charge in [0.05, 0.1) is 22.5 Å². The molecule has 2 aromatic heterocycles. The van der Waals surface area contributed by atoms with Crippen LogP contribution in [0.25, 0.3) is 27.7 Å². The summed E-state index contributed by atoms with van der Waals surface area (Å²) in [6.45, 7) is 14.5. The van der Waals surface area contributed by atoms with Crippen LogP contribution in [0.1, 0.15) is 64.3 Å². The largest absolute Gasteiger partial charge is 0.488 e. The fraction of sp³-hybridized carbons (Fsp3) is 0.412. The molecule has 1 saturated heterocycles. The number of anilines is 1. The zero-order chi connectivity index (χ0) is 32.4. The summed E-state index contributed by atoms with van der Waals surface area (Å²) in [5.74, 6) is -0.0386. The van der Waals surface area contributed by atoms with E-state index in [0.29, 0.717) is 58.6 Å². The third-order valence-corrected chi connectivity index (χ3v) is 8.59. The van der Waals surface area contributed by atoms with Crippen molar-refractivity contribution >= 4 is 34.4 Å². The molecule has 1 amide bonds. The number of rotatable bonds is 3. The number of aryl methyl sites for hydroxylation is 1. The van der Waals surface area contributed by atoms with Crippen molar-refractivity contribution in [2.45, 2.75) is 72.6 Å². The normalized spacial score (nSPS) is 16.4. The number of ether oxygens (including phenoxy) is 2. The molecule has 6 rings (SSSR count). The Balaban J connectivity index is 1.60. The molecule has 2 aliphatic rings. The van der Waals surface area contributed by atoms with E-state index in [1.807, 2.05) is 59.4 Å². The molecule has 0 aliphatic carbocycles. The van der Waals surface area contributed by atoms with Crippen LogP contribution in [-0.4, -0.2) is 56.8 Å². The van der Waals surface area contributed by atoms with Crippen LogP contribution in [0.3, 0.4) is 0 Å². The van der Waals surface area contributed by atoms with Gasteiger partial charge in [0.1, 0.15) is 23.8 Å². The molecule has 0 spiro atoms. The molecule has 45 heavy (non-hydrogen) atoms. The molecule has 0 saturated carbocycles. The number of pyridine rings is 1. The predicted molar refractivity (Wildman–Crippen MR) is 173 cm³/mol. The van der Waals surface area contributed by atoms with Gasteiger partial charge in [-0.05, 0) is 69.9 Å². The van der Waals surface area contributed by atoms with E-state index in [1.54, 1.807) is 35.4 Å². The highest BCUT2D eigenvalue weighted by Crippen LogP contribution is 2.47. The minimum absolute atomic E-state index is 0.0540.